The van der Waals surface area contributed by atoms with Crippen LogP contribution in [0.3, 0.4) is 0 Å². The van der Waals surface area contributed by atoms with Gasteiger partial charge in [-0.3, -0.25) is 13.8 Å². The molecule has 2 N–H and O–H groups in total. The molecule has 0 rings (SSSR count). The van der Waals surface area contributed by atoms with E-state index < -0.39 is 20.5 Å². The minimum absolute atomic E-state index is 0.0575. The molecule has 2 atom stereocenters. The monoisotopic (exact) mass is 693 g/mol. The van der Waals surface area contributed by atoms with Crippen LogP contribution in [0.5, 0.6) is 0 Å². The molecule has 0 fully saturated rings. The van der Waals surface area contributed by atoms with Crippen molar-refractivity contribution in [1.82, 2.24) is 0 Å². The van der Waals surface area contributed by atoms with E-state index in [-0.39, 0.29) is 19.2 Å². The molecule has 0 aromatic heterocycles. The van der Waals surface area contributed by atoms with Gasteiger partial charge in [-0.25, -0.2) is 4.57 Å². The van der Waals surface area contributed by atoms with Gasteiger partial charge in [0, 0.05) is 6.42 Å². The van der Waals surface area contributed by atoms with Crippen molar-refractivity contribution in [2.24, 2.45) is 0 Å². The van der Waals surface area contributed by atoms with E-state index in [2.05, 4.69) is 6.92 Å². The quantitative estimate of drug-likeness (QED) is 0.0289. The number of nitrogens with zero attached hydrogens (tertiary/aromatic N) is 1. The number of carbonyl (C=O) groups excluding carboxylic acids is 1. The molecule has 47 heavy (non-hydrogen) atoms. The second-order valence-electron chi connectivity index (χ2n) is 14.9. The molecule has 8 nitrogen and oxygen atoms in total. The first-order valence-electron chi connectivity index (χ1n) is 19.8. The van der Waals surface area contributed by atoms with Crippen molar-refractivity contribution in [2.75, 3.05) is 47.5 Å². The summed E-state index contributed by atoms with van der Waals surface area (Å²) in [5, 5.41) is 9.90. The molecular weight excluding hydrogens is 613 g/mol. The summed E-state index contributed by atoms with van der Waals surface area (Å²) < 4.78 is 27.2. The first kappa shape index (κ1) is 46.5. The lowest BCUT2D eigenvalue weighted by Gasteiger charge is -2.24. The summed E-state index contributed by atoms with van der Waals surface area (Å²) in [6.07, 6.45) is 35.7. The molecule has 0 radical (unpaired) electrons. The van der Waals surface area contributed by atoms with Crippen LogP contribution >= 0.6 is 7.82 Å². The molecule has 0 amide bonds. The summed E-state index contributed by atoms with van der Waals surface area (Å²) in [4.78, 5) is 21.6. The molecule has 0 bridgehead atoms. The highest BCUT2D eigenvalue weighted by Crippen LogP contribution is 2.43. The molecule has 0 aliphatic heterocycles. The van der Waals surface area contributed by atoms with Gasteiger partial charge in [0.2, 0.25) is 0 Å². The number of phosphoric acid groups is 1. The molecule has 0 aliphatic carbocycles. The average molecular weight is 693 g/mol. The van der Waals surface area contributed by atoms with E-state index in [4.69, 9.17) is 13.8 Å². The Morgan fingerprint density at radius 1 is 0.574 bits per heavy atom. The Bertz CT molecular complexity index is 731. The number of unbranched alkanes of at least 4 members (excludes halogenated alkanes) is 26. The van der Waals surface area contributed by atoms with Crippen molar-refractivity contribution in [3.8, 4) is 0 Å². The van der Waals surface area contributed by atoms with Crippen LogP contribution in [0, 0.1) is 0 Å². The zero-order chi connectivity index (χ0) is 34.9. The number of likely N-dealkylation sites (N-methyl/N-ethyl adjacent to an activating group) is 1. The van der Waals surface area contributed by atoms with Crippen molar-refractivity contribution in [1.29, 1.82) is 0 Å². The van der Waals surface area contributed by atoms with E-state index in [0.717, 1.165) is 19.3 Å². The number of quaternary nitrogens is 1. The maximum absolute atomic E-state index is 11.9. The maximum atomic E-state index is 11.9. The number of aliphatic hydroxyl groups is 1. The van der Waals surface area contributed by atoms with Gasteiger partial charge in [0.1, 0.15) is 25.9 Å². The third-order valence-corrected chi connectivity index (χ3v) is 9.85. The standard InChI is InChI=1S/C38H78NO7P/c1-5-6-7-8-9-10-11-12-13-14-15-16-17-18-19-20-21-22-23-24-25-26-27-28-29-30-31-32-38(41)44-35-37(40)36-46-47(42,43)45-34-33-39(2,3)4/h37,40H,5-36H2,1-4H3/p+1. The van der Waals surface area contributed by atoms with Crippen LogP contribution in [0.15, 0.2) is 0 Å². The Morgan fingerprint density at radius 2 is 0.915 bits per heavy atom. The van der Waals surface area contributed by atoms with E-state index in [9.17, 15) is 19.4 Å². The fraction of sp³-hybridized carbons (Fsp3) is 0.974. The fourth-order valence-corrected chi connectivity index (χ4v) is 6.47. The zero-order valence-corrected chi connectivity index (χ0v) is 32.4. The third kappa shape index (κ3) is 38.2. The number of ether oxygens (including phenoxy) is 1. The topological polar surface area (TPSA) is 102 Å². The Hall–Kier alpha value is -0.500. The highest BCUT2D eigenvalue weighted by molar-refractivity contribution is 7.47. The lowest BCUT2D eigenvalue weighted by molar-refractivity contribution is -0.870. The van der Waals surface area contributed by atoms with Gasteiger partial charge in [0.25, 0.3) is 0 Å². The van der Waals surface area contributed by atoms with Crippen molar-refractivity contribution in [3.63, 3.8) is 0 Å². The van der Waals surface area contributed by atoms with E-state index in [1.807, 2.05) is 21.1 Å². The van der Waals surface area contributed by atoms with Gasteiger partial charge in [-0.1, -0.05) is 174 Å². The Kier molecular flexibility index (Phi) is 32.3. The highest BCUT2D eigenvalue weighted by Gasteiger charge is 2.24. The molecule has 0 aliphatic rings. The largest absolute Gasteiger partial charge is 0.472 e. The lowest BCUT2D eigenvalue weighted by atomic mass is 10.0. The number of rotatable bonds is 37. The molecule has 0 saturated carbocycles. The van der Waals surface area contributed by atoms with Crippen LogP contribution in [0.2, 0.25) is 0 Å². The molecule has 282 valence electrons. The van der Waals surface area contributed by atoms with Crippen LogP contribution in [0.4, 0.5) is 0 Å². The second-order valence-corrected chi connectivity index (χ2v) is 16.3. The van der Waals surface area contributed by atoms with Gasteiger partial charge in [-0.15, -0.1) is 0 Å². The maximum Gasteiger partial charge on any atom is 0.472 e. The van der Waals surface area contributed by atoms with Gasteiger partial charge in [0.05, 0.1) is 27.7 Å². The molecule has 9 heteroatoms. The summed E-state index contributed by atoms with van der Waals surface area (Å²) in [5.41, 5.74) is 0. The predicted molar refractivity (Wildman–Crippen MR) is 197 cm³/mol. The number of esters is 1. The van der Waals surface area contributed by atoms with Gasteiger partial charge in [-0.2, -0.15) is 0 Å². The van der Waals surface area contributed by atoms with Crippen molar-refractivity contribution < 1.29 is 37.6 Å². The average Bonchev–Trinajstić information content (AvgIpc) is 3.01. The Balaban J connectivity index is 3.34. The Morgan fingerprint density at radius 3 is 1.26 bits per heavy atom. The smallest absolute Gasteiger partial charge is 0.463 e. The van der Waals surface area contributed by atoms with Gasteiger partial charge in [0.15, 0.2) is 0 Å². The molecule has 0 spiro atoms. The predicted octanol–water partition coefficient (Wildman–Crippen LogP) is 10.7. The lowest BCUT2D eigenvalue weighted by Crippen LogP contribution is -2.37. The SMILES string of the molecule is CCCCCCCCCCCCCCCCCCCCCCCCCCCCCC(=O)OCC(O)COP(=O)(O)OCC[N+](C)(C)C. The van der Waals surface area contributed by atoms with Crippen molar-refractivity contribution >= 4 is 13.8 Å². The van der Waals surface area contributed by atoms with Crippen LogP contribution in [-0.4, -0.2) is 74.1 Å². The number of hydrogen-bond donors (Lipinski definition) is 2. The fourth-order valence-electron chi connectivity index (χ4n) is 5.72. The molecular formula is C38H79NO7P+. The van der Waals surface area contributed by atoms with Crippen LogP contribution < -0.4 is 0 Å². The minimum Gasteiger partial charge on any atom is -0.463 e. The first-order chi connectivity index (χ1) is 22.6. The van der Waals surface area contributed by atoms with Crippen LogP contribution in [-0.2, 0) is 23.1 Å². The Labute approximate surface area is 291 Å². The first-order valence-corrected chi connectivity index (χ1v) is 21.3. The number of phosphoric ester groups is 1. The number of hydrogen-bond acceptors (Lipinski definition) is 6. The highest BCUT2D eigenvalue weighted by atomic mass is 31.2. The van der Waals surface area contributed by atoms with Crippen LogP contribution in [0.25, 0.3) is 0 Å². The second kappa shape index (κ2) is 32.7. The van der Waals surface area contributed by atoms with E-state index in [1.54, 1.807) is 0 Å². The van der Waals surface area contributed by atoms with Gasteiger partial charge in [-0.05, 0) is 6.42 Å². The number of carbonyl (C=O) groups is 1. The van der Waals surface area contributed by atoms with E-state index >= 15 is 0 Å². The van der Waals surface area contributed by atoms with Crippen molar-refractivity contribution in [3.05, 3.63) is 0 Å². The molecule has 0 aromatic rings. The minimum atomic E-state index is -4.25. The summed E-state index contributed by atoms with van der Waals surface area (Å²) in [5.74, 6) is -0.366. The summed E-state index contributed by atoms with van der Waals surface area (Å²) in [6, 6.07) is 0. The molecule has 0 heterocycles. The van der Waals surface area contributed by atoms with Gasteiger partial charge < -0.3 is 19.2 Å². The summed E-state index contributed by atoms with van der Waals surface area (Å²) in [7, 11) is 1.57. The summed E-state index contributed by atoms with van der Waals surface area (Å²) >= 11 is 0. The molecule has 0 aromatic carbocycles. The number of aliphatic hydroxyl groups excluding tert-OH is 1. The van der Waals surface area contributed by atoms with E-state index in [1.165, 1.54) is 154 Å². The molecule has 0 saturated heterocycles. The third-order valence-electron chi connectivity index (χ3n) is 8.87. The van der Waals surface area contributed by atoms with Gasteiger partial charge >= 0.3 is 13.8 Å². The summed E-state index contributed by atoms with van der Waals surface area (Å²) in [6.45, 7) is 2.18. The van der Waals surface area contributed by atoms with E-state index in [0.29, 0.717) is 17.4 Å². The molecule has 2 unspecified atom stereocenters. The van der Waals surface area contributed by atoms with Crippen molar-refractivity contribution in [2.45, 2.75) is 193 Å². The zero-order valence-electron chi connectivity index (χ0n) is 31.5. The normalized spacial score (nSPS) is 13.9. The van der Waals surface area contributed by atoms with Crippen LogP contribution in [0.1, 0.15) is 187 Å².